The fourth-order valence-electron chi connectivity index (χ4n) is 2.62. The Hall–Kier alpha value is -2.31. The molecule has 6 heteroatoms. The number of nitrogens with one attached hydrogen (secondary N) is 1. The highest BCUT2D eigenvalue weighted by Gasteiger charge is 2.44. The summed E-state index contributed by atoms with van der Waals surface area (Å²) in [6, 6.07) is 17.3. The fourth-order valence-corrected chi connectivity index (χ4v) is 3.47. The van der Waals surface area contributed by atoms with Crippen LogP contribution in [0.25, 0.3) is 0 Å². The molecule has 0 bridgehead atoms. The van der Waals surface area contributed by atoms with Crippen LogP contribution in [0.1, 0.15) is 22.3 Å². The highest BCUT2D eigenvalue weighted by molar-refractivity contribution is 7.98. The molecule has 1 aliphatic rings. The maximum Gasteiger partial charge on any atom is 0.331 e. The Kier molecular flexibility index (Phi) is 5.40. The Balaban J connectivity index is 1.61. The molecule has 0 radical (unpaired) electrons. The van der Waals surface area contributed by atoms with E-state index in [1.165, 1.54) is 5.56 Å². The van der Waals surface area contributed by atoms with Crippen LogP contribution in [-0.2, 0) is 15.3 Å². The molecule has 0 saturated carbocycles. The Bertz CT molecular complexity index is 740. The second kappa shape index (κ2) is 7.72. The molecule has 0 aliphatic carbocycles. The van der Waals surface area contributed by atoms with E-state index < -0.39 is 17.4 Å². The van der Waals surface area contributed by atoms with E-state index in [0.717, 1.165) is 10.6 Å². The normalized spacial score (nSPS) is 19.5. The summed E-state index contributed by atoms with van der Waals surface area (Å²) in [6.07, 6.45) is 0.277. The number of hydrogen-bond acceptors (Lipinski definition) is 4. The highest BCUT2D eigenvalue weighted by Crippen LogP contribution is 2.24. The first-order valence-corrected chi connectivity index (χ1v) is 8.98. The third-order valence-electron chi connectivity index (χ3n) is 4.15. The number of carboxylic acids is 1. The van der Waals surface area contributed by atoms with Crippen molar-refractivity contribution in [3.05, 3.63) is 65.7 Å². The molecule has 1 fully saturated rings. The number of ether oxygens (including phenoxy) is 1. The second-order valence-corrected chi connectivity index (χ2v) is 6.99. The van der Waals surface area contributed by atoms with Gasteiger partial charge in [-0.25, -0.2) is 4.79 Å². The van der Waals surface area contributed by atoms with Crippen LogP contribution in [0, 0.1) is 0 Å². The van der Waals surface area contributed by atoms with Gasteiger partial charge in [0.25, 0.3) is 5.91 Å². The molecule has 1 unspecified atom stereocenters. The summed E-state index contributed by atoms with van der Waals surface area (Å²) in [5, 5.41) is 12.0. The van der Waals surface area contributed by atoms with Gasteiger partial charge >= 0.3 is 5.97 Å². The number of benzene rings is 2. The Morgan fingerprint density at radius 3 is 2.44 bits per heavy atom. The van der Waals surface area contributed by atoms with E-state index in [1.807, 2.05) is 30.3 Å². The smallest absolute Gasteiger partial charge is 0.331 e. The van der Waals surface area contributed by atoms with Crippen LogP contribution in [0.15, 0.2) is 59.5 Å². The molecule has 2 N–H and O–H groups in total. The van der Waals surface area contributed by atoms with Crippen LogP contribution in [0.5, 0.6) is 0 Å². The predicted octanol–water partition coefficient (Wildman–Crippen LogP) is 2.95. The summed E-state index contributed by atoms with van der Waals surface area (Å²) < 4.78 is 5.15. The molecular weight excluding hydrogens is 338 g/mol. The van der Waals surface area contributed by atoms with Crippen LogP contribution in [0.3, 0.4) is 0 Å². The second-order valence-electron chi connectivity index (χ2n) is 5.94. The molecule has 2 aromatic carbocycles. The lowest BCUT2D eigenvalue weighted by Gasteiger charge is -2.23. The summed E-state index contributed by atoms with van der Waals surface area (Å²) in [5.74, 6) is -0.604. The Labute approximate surface area is 150 Å². The summed E-state index contributed by atoms with van der Waals surface area (Å²) in [6.45, 7) is 0.334. The van der Waals surface area contributed by atoms with Crippen molar-refractivity contribution < 1.29 is 19.4 Å². The number of aliphatic carboxylic acids is 1. The average Bonchev–Trinajstić information content (AvgIpc) is 3.11. The van der Waals surface area contributed by atoms with Gasteiger partial charge in [-0.05, 0) is 29.8 Å². The number of thioether (sulfide) groups is 1. The quantitative estimate of drug-likeness (QED) is 0.778. The molecule has 0 aromatic heterocycles. The first-order valence-electron chi connectivity index (χ1n) is 7.99. The number of carbonyl (C=O) groups excluding carboxylic acids is 1. The van der Waals surface area contributed by atoms with Crippen LogP contribution in [0.2, 0.25) is 0 Å². The van der Waals surface area contributed by atoms with E-state index in [4.69, 9.17) is 4.74 Å². The van der Waals surface area contributed by atoms with Gasteiger partial charge in [-0.15, -0.1) is 11.8 Å². The molecule has 1 aliphatic heterocycles. The van der Waals surface area contributed by atoms with Gasteiger partial charge in [-0.2, -0.15) is 0 Å². The standard InChI is InChI=1S/C19H19NO4S/c21-17(20-19(18(22)23)10-11-24-13-19)15-6-8-16(9-7-15)25-12-14-4-2-1-3-5-14/h1-9H,10-13H2,(H,20,21)(H,22,23). The zero-order valence-corrected chi connectivity index (χ0v) is 14.4. The van der Waals surface area contributed by atoms with Gasteiger partial charge in [0.15, 0.2) is 5.54 Å². The summed E-state index contributed by atoms with van der Waals surface area (Å²) >= 11 is 1.69. The maximum absolute atomic E-state index is 12.4. The van der Waals surface area contributed by atoms with Gasteiger partial charge in [0.2, 0.25) is 0 Å². The lowest BCUT2D eigenvalue weighted by molar-refractivity contribution is -0.144. The topological polar surface area (TPSA) is 75.6 Å². The summed E-state index contributed by atoms with van der Waals surface area (Å²) in [7, 11) is 0. The molecule has 1 atom stereocenters. The lowest BCUT2D eigenvalue weighted by Crippen LogP contribution is -2.55. The lowest BCUT2D eigenvalue weighted by atomic mass is 9.98. The third kappa shape index (κ3) is 4.21. The minimum atomic E-state index is -1.32. The molecule has 1 saturated heterocycles. The highest BCUT2D eigenvalue weighted by atomic mass is 32.2. The van der Waals surface area contributed by atoms with Gasteiger partial charge in [-0.3, -0.25) is 4.79 Å². The predicted molar refractivity (Wildman–Crippen MR) is 95.7 cm³/mol. The molecule has 1 heterocycles. The zero-order chi connectivity index (χ0) is 17.7. The molecule has 0 spiro atoms. The van der Waals surface area contributed by atoms with Gasteiger partial charge in [-0.1, -0.05) is 30.3 Å². The van der Waals surface area contributed by atoms with Gasteiger partial charge in [0, 0.05) is 29.2 Å². The Morgan fingerprint density at radius 1 is 1.12 bits per heavy atom. The molecule has 25 heavy (non-hydrogen) atoms. The van der Waals surface area contributed by atoms with Crippen molar-refractivity contribution in [2.24, 2.45) is 0 Å². The summed E-state index contributed by atoms with van der Waals surface area (Å²) in [4.78, 5) is 24.9. The molecule has 3 rings (SSSR count). The van der Waals surface area contributed by atoms with E-state index in [2.05, 4.69) is 17.4 Å². The first kappa shape index (κ1) is 17.5. The number of carboxylic acid groups (broad SMARTS) is 1. The van der Waals surface area contributed by atoms with Crippen molar-refractivity contribution in [3.63, 3.8) is 0 Å². The van der Waals surface area contributed by atoms with Crippen molar-refractivity contribution in [1.29, 1.82) is 0 Å². The largest absolute Gasteiger partial charge is 0.479 e. The van der Waals surface area contributed by atoms with E-state index in [-0.39, 0.29) is 13.0 Å². The van der Waals surface area contributed by atoms with E-state index >= 15 is 0 Å². The molecule has 1 amide bonds. The number of carbonyl (C=O) groups is 2. The number of rotatable bonds is 6. The average molecular weight is 357 g/mol. The maximum atomic E-state index is 12.4. The van der Waals surface area contributed by atoms with Gasteiger partial charge in [0.1, 0.15) is 0 Å². The van der Waals surface area contributed by atoms with Crippen LogP contribution < -0.4 is 5.32 Å². The first-order chi connectivity index (χ1) is 12.1. The number of hydrogen-bond donors (Lipinski definition) is 2. The van der Waals surface area contributed by atoms with Crippen molar-refractivity contribution in [3.8, 4) is 0 Å². The fraction of sp³-hybridized carbons (Fsp3) is 0.263. The third-order valence-corrected chi connectivity index (χ3v) is 5.23. The number of amides is 1. The van der Waals surface area contributed by atoms with Crippen molar-refractivity contribution in [2.75, 3.05) is 13.2 Å². The molecule has 130 valence electrons. The van der Waals surface area contributed by atoms with Crippen molar-refractivity contribution >= 4 is 23.6 Å². The summed E-state index contributed by atoms with van der Waals surface area (Å²) in [5.41, 5.74) is 0.355. The zero-order valence-electron chi connectivity index (χ0n) is 13.6. The van der Waals surface area contributed by atoms with Crippen LogP contribution in [0.4, 0.5) is 0 Å². The monoisotopic (exact) mass is 357 g/mol. The van der Waals surface area contributed by atoms with Gasteiger partial charge in [0.05, 0.1) is 6.61 Å². The van der Waals surface area contributed by atoms with Crippen molar-refractivity contribution in [1.82, 2.24) is 5.32 Å². The Morgan fingerprint density at radius 2 is 1.84 bits per heavy atom. The molecule has 2 aromatic rings. The van der Waals surface area contributed by atoms with E-state index in [1.54, 1.807) is 23.9 Å². The van der Waals surface area contributed by atoms with E-state index in [0.29, 0.717) is 12.2 Å². The molecule has 5 nitrogen and oxygen atoms in total. The van der Waals surface area contributed by atoms with Gasteiger partial charge < -0.3 is 15.2 Å². The van der Waals surface area contributed by atoms with Crippen molar-refractivity contribution in [2.45, 2.75) is 22.6 Å². The van der Waals surface area contributed by atoms with Crippen LogP contribution >= 0.6 is 11.8 Å². The SMILES string of the molecule is O=C(NC1(C(=O)O)CCOC1)c1ccc(SCc2ccccc2)cc1. The van der Waals surface area contributed by atoms with Crippen LogP contribution in [-0.4, -0.2) is 35.7 Å². The van der Waals surface area contributed by atoms with E-state index in [9.17, 15) is 14.7 Å². The molecular formula is C19H19NO4S. The minimum Gasteiger partial charge on any atom is -0.479 e. The minimum absolute atomic E-state index is 0.000908.